The molecule has 0 amide bonds. The number of fused-ring (bicyclic) bond motifs is 6. The molecule has 0 saturated heterocycles. The van der Waals surface area contributed by atoms with Crippen molar-refractivity contribution in [2.45, 2.75) is 12.4 Å². The van der Waals surface area contributed by atoms with Crippen molar-refractivity contribution in [2.75, 3.05) is 0 Å². The van der Waals surface area contributed by atoms with Crippen molar-refractivity contribution in [3.8, 4) is 22.5 Å². The SMILES string of the molecule is FC(F)(F)c1ccc(-n2c3ccccc3c3cc(Br)ccc32)c(-c2cc(C(F)(F)F)ccc2-n2c3ccccc3c3cc(Br)ccc32)c1. The molecule has 0 spiro atoms. The van der Waals surface area contributed by atoms with Gasteiger partial charge in [-0.05, 0) is 84.9 Å². The van der Waals surface area contributed by atoms with Gasteiger partial charge in [-0.3, -0.25) is 0 Å². The largest absolute Gasteiger partial charge is 0.416 e. The first-order chi connectivity index (χ1) is 22.9. The Morgan fingerprint density at radius 1 is 0.396 bits per heavy atom. The fourth-order valence-corrected chi connectivity index (χ4v) is 7.38. The Bertz CT molecular complexity index is 2400. The van der Waals surface area contributed by atoms with Crippen molar-refractivity contribution < 1.29 is 26.3 Å². The summed E-state index contributed by atoms with van der Waals surface area (Å²) in [5, 5.41) is 3.36. The number of alkyl halides is 6. The second-order valence-corrected chi connectivity index (χ2v) is 13.3. The van der Waals surface area contributed by atoms with Gasteiger partial charge in [0.2, 0.25) is 0 Å². The monoisotopic (exact) mass is 776 g/mol. The predicted molar refractivity (Wildman–Crippen MR) is 186 cm³/mol. The van der Waals surface area contributed by atoms with Crippen LogP contribution in [0.25, 0.3) is 66.1 Å². The second kappa shape index (κ2) is 11.0. The molecule has 0 aliphatic heterocycles. The summed E-state index contributed by atoms with van der Waals surface area (Å²) in [4.78, 5) is 0. The Kier molecular flexibility index (Phi) is 7.05. The van der Waals surface area contributed by atoms with E-state index >= 15 is 0 Å². The molecule has 0 fully saturated rings. The van der Waals surface area contributed by atoms with E-state index in [0.717, 1.165) is 54.8 Å². The number of aromatic nitrogens is 2. The minimum absolute atomic E-state index is 0.000426. The smallest absolute Gasteiger partial charge is 0.309 e. The van der Waals surface area contributed by atoms with Gasteiger partial charge in [-0.1, -0.05) is 68.3 Å². The van der Waals surface area contributed by atoms with Crippen molar-refractivity contribution in [2.24, 2.45) is 0 Å². The van der Waals surface area contributed by atoms with Crippen LogP contribution in [0.5, 0.6) is 0 Å². The zero-order valence-corrected chi connectivity index (χ0v) is 27.6. The highest BCUT2D eigenvalue weighted by Crippen LogP contribution is 2.45. The molecule has 0 aliphatic carbocycles. The number of hydrogen-bond acceptors (Lipinski definition) is 0. The van der Waals surface area contributed by atoms with Crippen LogP contribution in [0.4, 0.5) is 26.3 Å². The van der Waals surface area contributed by atoms with Gasteiger partial charge in [-0.25, -0.2) is 0 Å². The molecule has 0 unspecified atom stereocenters. The Morgan fingerprint density at radius 2 is 0.771 bits per heavy atom. The molecule has 8 rings (SSSR count). The van der Waals surface area contributed by atoms with Gasteiger partial charge < -0.3 is 9.13 Å². The van der Waals surface area contributed by atoms with Crippen LogP contribution in [0.2, 0.25) is 0 Å². The third-order valence-corrected chi connectivity index (χ3v) is 9.68. The maximum absolute atomic E-state index is 14.4. The van der Waals surface area contributed by atoms with Gasteiger partial charge in [0, 0.05) is 41.6 Å². The molecule has 0 atom stereocenters. The van der Waals surface area contributed by atoms with Crippen molar-refractivity contribution in [1.29, 1.82) is 0 Å². The molecule has 0 aliphatic rings. The van der Waals surface area contributed by atoms with Crippen LogP contribution >= 0.6 is 31.9 Å². The third-order valence-electron chi connectivity index (χ3n) is 8.69. The normalized spacial score (nSPS) is 12.6. The number of benzene rings is 6. The quantitative estimate of drug-likeness (QED) is 0.158. The average molecular weight is 778 g/mol. The van der Waals surface area contributed by atoms with Crippen LogP contribution in [0.15, 0.2) is 130 Å². The standard InChI is InChI=1S/C38H20Br2F6N2/c39-23-11-15-35-29(19-23)25-5-1-3-7-31(25)47(35)33-13-9-21(37(41,42)43)17-27(33)28-18-22(38(44,45)46)10-14-34(28)48-32-8-4-2-6-26(32)30-20-24(40)12-16-36(30)48/h1-20H. The summed E-state index contributed by atoms with van der Waals surface area (Å²) in [5.41, 5.74) is 1.44. The highest BCUT2D eigenvalue weighted by atomic mass is 79.9. The molecule has 8 aromatic rings. The van der Waals surface area contributed by atoms with Crippen LogP contribution in [-0.2, 0) is 12.4 Å². The summed E-state index contributed by atoms with van der Waals surface area (Å²) in [7, 11) is 0. The molecular formula is C38H20Br2F6N2. The van der Waals surface area contributed by atoms with Gasteiger partial charge in [-0.2, -0.15) is 26.3 Å². The lowest BCUT2D eigenvalue weighted by Gasteiger charge is -2.21. The van der Waals surface area contributed by atoms with Gasteiger partial charge in [0.1, 0.15) is 0 Å². The topological polar surface area (TPSA) is 9.86 Å². The van der Waals surface area contributed by atoms with E-state index in [1.54, 1.807) is 0 Å². The van der Waals surface area contributed by atoms with Gasteiger partial charge >= 0.3 is 12.4 Å². The number of rotatable bonds is 3. The molecule has 0 bridgehead atoms. The minimum Gasteiger partial charge on any atom is -0.309 e. The lowest BCUT2D eigenvalue weighted by molar-refractivity contribution is -0.138. The first kappa shape index (κ1) is 30.8. The highest BCUT2D eigenvalue weighted by Gasteiger charge is 2.34. The number of hydrogen-bond donors (Lipinski definition) is 0. The lowest BCUT2D eigenvalue weighted by atomic mass is 9.96. The van der Waals surface area contributed by atoms with Crippen molar-refractivity contribution in [3.63, 3.8) is 0 Å². The van der Waals surface area contributed by atoms with Crippen LogP contribution in [0.1, 0.15) is 11.1 Å². The molecule has 48 heavy (non-hydrogen) atoms. The summed E-state index contributed by atoms with van der Waals surface area (Å²) in [6.45, 7) is 0. The van der Waals surface area contributed by atoms with Crippen LogP contribution < -0.4 is 0 Å². The molecule has 6 aromatic carbocycles. The van der Waals surface area contributed by atoms with E-state index in [2.05, 4.69) is 31.9 Å². The van der Waals surface area contributed by atoms with Gasteiger partial charge in [0.05, 0.1) is 44.6 Å². The van der Waals surface area contributed by atoms with Gasteiger partial charge in [0.15, 0.2) is 0 Å². The first-order valence-electron chi connectivity index (χ1n) is 14.7. The summed E-state index contributed by atoms with van der Waals surface area (Å²) >= 11 is 7.04. The highest BCUT2D eigenvalue weighted by molar-refractivity contribution is 9.10. The van der Waals surface area contributed by atoms with Gasteiger partial charge in [-0.15, -0.1) is 0 Å². The van der Waals surface area contributed by atoms with Crippen LogP contribution in [0.3, 0.4) is 0 Å². The average Bonchev–Trinajstić information content (AvgIpc) is 3.55. The molecule has 10 heteroatoms. The summed E-state index contributed by atoms with van der Waals surface area (Å²) in [5.74, 6) is 0. The second-order valence-electron chi connectivity index (χ2n) is 11.5. The van der Waals surface area contributed by atoms with Crippen molar-refractivity contribution >= 4 is 75.5 Å². The number of para-hydroxylation sites is 2. The molecule has 0 saturated carbocycles. The van der Waals surface area contributed by atoms with Crippen LogP contribution in [-0.4, -0.2) is 9.13 Å². The number of nitrogens with zero attached hydrogens (tertiary/aromatic N) is 2. The van der Waals surface area contributed by atoms with Crippen LogP contribution in [0, 0.1) is 0 Å². The zero-order chi connectivity index (χ0) is 33.5. The van der Waals surface area contributed by atoms with E-state index in [9.17, 15) is 26.3 Å². The van der Waals surface area contributed by atoms with Crippen molar-refractivity contribution in [3.05, 3.63) is 141 Å². The zero-order valence-electron chi connectivity index (χ0n) is 24.5. The number of halogens is 8. The summed E-state index contributed by atoms with van der Waals surface area (Å²) < 4.78 is 91.7. The van der Waals surface area contributed by atoms with Gasteiger partial charge in [0.25, 0.3) is 0 Å². The fraction of sp³-hybridized carbons (Fsp3) is 0.0526. The molecule has 2 nitrogen and oxygen atoms in total. The first-order valence-corrected chi connectivity index (χ1v) is 16.3. The Balaban J connectivity index is 1.54. The fourth-order valence-electron chi connectivity index (χ4n) is 6.66. The maximum Gasteiger partial charge on any atom is 0.416 e. The minimum atomic E-state index is -4.75. The van der Waals surface area contributed by atoms with E-state index in [4.69, 9.17) is 0 Å². The molecule has 2 aromatic heterocycles. The van der Waals surface area contributed by atoms with E-state index in [-0.39, 0.29) is 11.1 Å². The Labute approximate surface area is 286 Å². The molecular weight excluding hydrogens is 758 g/mol. The lowest BCUT2D eigenvalue weighted by Crippen LogP contribution is -2.10. The molecule has 0 N–H and O–H groups in total. The maximum atomic E-state index is 14.4. The molecule has 0 radical (unpaired) electrons. The van der Waals surface area contributed by atoms with Crippen molar-refractivity contribution in [1.82, 2.24) is 9.13 Å². The molecule has 238 valence electrons. The summed E-state index contributed by atoms with van der Waals surface area (Å²) in [6.07, 6.45) is -9.50. The summed E-state index contributed by atoms with van der Waals surface area (Å²) in [6, 6.07) is 32.6. The molecule has 2 heterocycles. The van der Waals surface area contributed by atoms with E-state index in [1.165, 1.54) is 12.1 Å². The van der Waals surface area contributed by atoms with E-state index < -0.39 is 23.5 Å². The predicted octanol–water partition coefficient (Wildman–Crippen LogP) is 13.1. The van der Waals surface area contributed by atoms with E-state index in [1.807, 2.05) is 94.1 Å². The third kappa shape index (κ3) is 4.92. The Morgan fingerprint density at radius 3 is 1.17 bits per heavy atom. The van der Waals surface area contributed by atoms with E-state index in [0.29, 0.717) is 33.4 Å². The Hall–Kier alpha value is -4.54.